The molecule has 2 heterocycles. The highest BCUT2D eigenvalue weighted by molar-refractivity contribution is 9.09. The van der Waals surface area contributed by atoms with Gasteiger partial charge in [0.2, 0.25) is 0 Å². The van der Waals surface area contributed by atoms with Crippen molar-refractivity contribution in [1.82, 2.24) is 14.5 Å². The highest BCUT2D eigenvalue weighted by Gasteiger charge is 2.21. The molecular weight excluding hydrogens is 354 g/mol. The second kappa shape index (κ2) is 6.62. The third-order valence-corrected chi connectivity index (χ3v) is 5.24. The summed E-state index contributed by atoms with van der Waals surface area (Å²) in [5, 5.41) is 0.552. The van der Waals surface area contributed by atoms with Crippen molar-refractivity contribution >= 4 is 27.0 Å². The molecule has 5 heteroatoms. The minimum absolute atomic E-state index is 0.00896. The molecule has 118 valence electrons. The van der Waals surface area contributed by atoms with Crippen molar-refractivity contribution in [3.8, 4) is 0 Å². The van der Waals surface area contributed by atoms with E-state index in [1.165, 1.54) is 0 Å². The summed E-state index contributed by atoms with van der Waals surface area (Å²) in [6, 6.07) is 13.5. The van der Waals surface area contributed by atoms with Crippen LogP contribution in [0.1, 0.15) is 30.1 Å². The summed E-state index contributed by atoms with van der Waals surface area (Å²) in [6.45, 7) is 4.70. The Morgan fingerprint density at radius 1 is 1.13 bits per heavy atom. The van der Waals surface area contributed by atoms with Gasteiger partial charge in [0, 0.05) is 6.20 Å². The number of hydrogen-bond donors (Lipinski definition) is 0. The number of hydrogen-bond acceptors (Lipinski definition) is 3. The summed E-state index contributed by atoms with van der Waals surface area (Å²) in [6.07, 6.45) is 1.67. The number of aromatic nitrogens is 3. The number of fused-ring (bicyclic) bond motifs is 1. The summed E-state index contributed by atoms with van der Waals surface area (Å²) in [5.74, 6) is 1.03. The molecule has 0 unspecified atom stereocenters. The van der Waals surface area contributed by atoms with Crippen LogP contribution in [0.4, 0.5) is 0 Å². The highest BCUT2D eigenvalue weighted by Crippen LogP contribution is 2.29. The lowest BCUT2D eigenvalue weighted by Gasteiger charge is -2.19. The van der Waals surface area contributed by atoms with Crippen LogP contribution >= 0.6 is 15.9 Å². The molecule has 0 aliphatic heterocycles. The molecule has 0 amide bonds. The first kappa shape index (κ1) is 15.9. The molecule has 0 bridgehead atoms. The molecule has 0 saturated heterocycles. The maximum absolute atomic E-state index is 12.9. The maximum atomic E-state index is 12.9. The Hall–Kier alpha value is -2.01. The van der Waals surface area contributed by atoms with E-state index in [0.717, 1.165) is 11.4 Å². The van der Waals surface area contributed by atoms with Gasteiger partial charge in [-0.25, -0.2) is 9.97 Å². The molecule has 0 radical (unpaired) electrons. The first-order valence-electron chi connectivity index (χ1n) is 7.61. The zero-order valence-corrected chi connectivity index (χ0v) is 14.7. The van der Waals surface area contributed by atoms with Crippen LogP contribution in [-0.2, 0) is 6.54 Å². The molecule has 2 aromatic heterocycles. The van der Waals surface area contributed by atoms with Gasteiger partial charge in [-0.2, -0.15) is 0 Å². The quantitative estimate of drug-likeness (QED) is 0.652. The van der Waals surface area contributed by atoms with Gasteiger partial charge >= 0.3 is 0 Å². The molecule has 4 nitrogen and oxygen atoms in total. The lowest BCUT2D eigenvalue weighted by molar-refractivity contribution is 0.568. The number of nitrogens with zero attached hydrogens (tertiary/aromatic N) is 3. The zero-order chi connectivity index (χ0) is 16.4. The molecule has 1 aromatic carbocycles. The van der Waals surface area contributed by atoms with Crippen LogP contribution in [0.2, 0.25) is 0 Å². The predicted molar refractivity (Wildman–Crippen MR) is 95.8 cm³/mol. The molecule has 3 aromatic rings. The largest absolute Gasteiger partial charge is 0.291 e. The van der Waals surface area contributed by atoms with E-state index < -0.39 is 0 Å². The van der Waals surface area contributed by atoms with E-state index in [-0.39, 0.29) is 10.4 Å². The highest BCUT2D eigenvalue weighted by atomic mass is 79.9. The Labute approximate surface area is 143 Å². The van der Waals surface area contributed by atoms with Gasteiger partial charge in [0.05, 0.1) is 16.8 Å². The van der Waals surface area contributed by atoms with Crippen molar-refractivity contribution in [3.05, 3.63) is 70.4 Å². The topological polar surface area (TPSA) is 47.8 Å². The van der Waals surface area contributed by atoms with Crippen LogP contribution in [0.15, 0.2) is 53.5 Å². The number of pyridine rings is 1. The SMILES string of the molecule is CC(C)[C@H](Br)c1nc2ncccc2c(=O)n1Cc1ccccc1. The van der Waals surface area contributed by atoms with Crippen molar-refractivity contribution in [2.24, 2.45) is 5.92 Å². The molecule has 0 aliphatic rings. The van der Waals surface area contributed by atoms with Gasteiger partial charge in [0.25, 0.3) is 5.56 Å². The van der Waals surface area contributed by atoms with E-state index in [2.05, 4.69) is 39.7 Å². The number of alkyl halides is 1. The molecule has 0 spiro atoms. The predicted octanol–water partition coefficient (Wildman–Crippen LogP) is 3.93. The average molecular weight is 372 g/mol. The third kappa shape index (κ3) is 3.20. The van der Waals surface area contributed by atoms with Crippen LogP contribution < -0.4 is 5.56 Å². The summed E-state index contributed by atoms with van der Waals surface area (Å²) >= 11 is 3.68. The van der Waals surface area contributed by atoms with Crippen molar-refractivity contribution in [2.45, 2.75) is 25.2 Å². The Morgan fingerprint density at radius 3 is 2.57 bits per heavy atom. The fourth-order valence-electron chi connectivity index (χ4n) is 2.50. The van der Waals surface area contributed by atoms with Gasteiger partial charge in [-0.05, 0) is 23.6 Å². The van der Waals surface area contributed by atoms with Crippen LogP contribution in [0, 0.1) is 5.92 Å². The normalized spacial score (nSPS) is 12.7. The molecule has 0 fully saturated rings. The van der Waals surface area contributed by atoms with E-state index in [4.69, 9.17) is 0 Å². The molecule has 0 aliphatic carbocycles. The van der Waals surface area contributed by atoms with Gasteiger partial charge < -0.3 is 0 Å². The first-order chi connectivity index (χ1) is 11.1. The van der Waals surface area contributed by atoms with Crippen LogP contribution in [0.3, 0.4) is 0 Å². The molecule has 0 saturated carbocycles. The summed E-state index contributed by atoms with van der Waals surface area (Å²) in [7, 11) is 0. The van der Waals surface area contributed by atoms with E-state index >= 15 is 0 Å². The van der Waals surface area contributed by atoms with Gasteiger partial charge in [-0.1, -0.05) is 60.1 Å². The van der Waals surface area contributed by atoms with Crippen molar-refractivity contribution in [1.29, 1.82) is 0 Å². The standard InChI is InChI=1S/C18H18BrN3O/c1-12(2)15(19)17-21-16-14(9-6-10-20-16)18(23)22(17)11-13-7-4-3-5-8-13/h3-10,12,15H,11H2,1-2H3/t15-/m0/s1. The Balaban J connectivity index is 2.22. The lowest BCUT2D eigenvalue weighted by atomic mass is 10.1. The number of rotatable bonds is 4. The van der Waals surface area contributed by atoms with E-state index in [1.807, 2.05) is 30.3 Å². The van der Waals surface area contributed by atoms with E-state index in [1.54, 1.807) is 22.9 Å². The van der Waals surface area contributed by atoms with Crippen molar-refractivity contribution in [2.75, 3.05) is 0 Å². The van der Waals surface area contributed by atoms with Crippen molar-refractivity contribution in [3.63, 3.8) is 0 Å². The fourth-order valence-corrected chi connectivity index (χ4v) is 2.85. The molecular formula is C18H18BrN3O. The minimum Gasteiger partial charge on any atom is -0.291 e. The molecule has 23 heavy (non-hydrogen) atoms. The van der Waals surface area contributed by atoms with E-state index in [0.29, 0.717) is 23.5 Å². The van der Waals surface area contributed by atoms with Gasteiger partial charge in [-0.3, -0.25) is 9.36 Å². The Bertz CT molecular complexity index is 874. The summed E-state index contributed by atoms with van der Waals surface area (Å²) in [5.41, 5.74) is 1.53. The Morgan fingerprint density at radius 2 is 1.87 bits per heavy atom. The van der Waals surface area contributed by atoms with Crippen LogP contribution in [0.5, 0.6) is 0 Å². The maximum Gasteiger partial charge on any atom is 0.263 e. The zero-order valence-electron chi connectivity index (χ0n) is 13.1. The van der Waals surface area contributed by atoms with Crippen LogP contribution in [0.25, 0.3) is 11.0 Å². The average Bonchev–Trinajstić information content (AvgIpc) is 2.57. The first-order valence-corrected chi connectivity index (χ1v) is 8.53. The van der Waals surface area contributed by atoms with Gasteiger partial charge in [0.15, 0.2) is 5.65 Å². The monoisotopic (exact) mass is 371 g/mol. The van der Waals surface area contributed by atoms with Crippen LogP contribution in [-0.4, -0.2) is 14.5 Å². The lowest BCUT2D eigenvalue weighted by Crippen LogP contribution is -2.28. The minimum atomic E-state index is -0.0490. The molecule has 3 rings (SSSR count). The molecule has 1 atom stereocenters. The van der Waals surface area contributed by atoms with Gasteiger partial charge in [-0.15, -0.1) is 0 Å². The second-order valence-corrected chi connectivity index (χ2v) is 6.85. The Kier molecular flexibility index (Phi) is 4.57. The van der Waals surface area contributed by atoms with Gasteiger partial charge in [0.1, 0.15) is 5.82 Å². The van der Waals surface area contributed by atoms with E-state index in [9.17, 15) is 4.79 Å². The van der Waals surface area contributed by atoms with Crippen molar-refractivity contribution < 1.29 is 0 Å². The molecule has 0 N–H and O–H groups in total. The number of halogens is 1. The third-order valence-electron chi connectivity index (χ3n) is 3.77. The summed E-state index contributed by atoms with van der Waals surface area (Å²) < 4.78 is 1.75. The second-order valence-electron chi connectivity index (χ2n) is 5.87. The summed E-state index contributed by atoms with van der Waals surface area (Å²) in [4.78, 5) is 21.8. The fraction of sp³-hybridized carbons (Fsp3) is 0.278. The smallest absolute Gasteiger partial charge is 0.263 e. The number of benzene rings is 1.